The summed E-state index contributed by atoms with van der Waals surface area (Å²) in [6.07, 6.45) is -3.81. The zero-order chi connectivity index (χ0) is 19.2. The van der Waals surface area contributed by atoms with Crippen molar-refractivity contribution in [3.8, 4) is 0 Å². The zero-order valence-electron chi connectivity index (χ0n) is 13.2. The third-order valence-electron chi connectivity index (χ3n) is 3.09. The predicted molar refractivity (Wildman–Crippen MR) is 91.9 cm³/mol. The maximum atomic E-state index is 12.6. The lowest BCUT2D eigenvalue weighted by atomic mass is 10.2. The van der Waals surface area contributed by atoms with Crippen LogP contribution in [-0.4, -0.2) is 18.0 Å². The molecule has 9 heteroatoms. The predicted octanol–water partition coefficient (Wildman–Crippen LogP) is 3.84. The molecule has 0 fully saturated rings. The summed E-state index contributed by atoms with van der Waals surface area (Å²) in [5.41, 5.74) is 1.76. The molecule has 0 unspecified atom stereocenters. The highest BCUT2D eigenvalue weighted by Gasteiger charge is 2.30. The van der Waals surface area contributed by atoms with E-state index in [9.17, 15) is 22.8 Å². The van der Waals surface area contributed by atoms with Gasteiger partial charge in [-0.05, 0) is 24.3 Å². The molecular formula is C17H13ClF3N3O2. The first-order valence-corrected chi connectivity index (χ1v) is 7.67. The number of carbonyl (C=O) groups excluding carboxylic acids is 2. The van der Waals surface area contributed by atoms with Crippen molar-refractivity contribution < 1.29 is 22.8 Å². The normalized spacial score (nSPS) is 11.4. The SMILES string of the molecule is O=C(CC(=O)Nc1cccc(C(F)(F)F)c1)N/N=C/c1ccccc1Cl. The van der Waals surface area contributed by atoms with Crippen molar-refractivity contribution >= 4 is 35.3 Å². The number of hydrazone groups is 1. The van der Waals surface area contributed by atoms with E-state index in [0.717, 1.165) is 18.2 Å². The van der Waals surface area contributed by atoms with Gasteiger partial charge in [0.1, 0.15) is 6.42 Å². The molecule has 2 amide bonds. The Balaban J connectivity index is 1.88. The summed E-state index contributed by atoms with van der Waals surface area (Å²) < 4.78 is 37.9. The molecule has 0 aliphatic rings. The lowest BCUT2D eigenvalue weighted by molar-refractivity contribution is -0.137. The Kier molecular flexibility index (Phi) is 6.35. The van der Waals surface area contributed by atoms with Gasteiger partial charge in [-0.3, -0.25) is 9.59 Å². The standard InChI is InChI=1S/C17H13ClF3N3O2/c18-14-7-2-1-4-11(14)10-22-24-16(26)9-15(25)23-13-6-3-5-12(8-13)17(19,20)21/h1-8,10H,9H2,(H,23,25)(H,24,26)/b22-10+. The average Bonchev–Trinajstić information content (AvgIpc) is 2.56. The Labute approximate surface area is 151 Å². The van der Waals surface area contributed by atoms with Crippen molar-refractivity contribution in [2.75, 3.05) is 5.32 Å². The Morgan fingerprint density at radius 2 is 1.81 bits per heavy atom. The minimum absolute atomic E-state index is 0.0582. The lowest BCUT2D eigenvalue weighted by Crippen LogP contribution is -2.24. The quantitative estimate of drug-likeness (QED) is 0.468. The first kappa shape index (κ1) is 19.5. The molecular weight excluding hydrogens is 371 g/mol. The molecule has 26 heavy (non-hydrogen) atoms. The molecule has 0 saturated heterocycles. The Morgan fingerprint density at radius 3 is 2.50 bits per heavy atom. The summed E-state index contributed by atoms with van der Waals surface area (Å²) in [6.45, 7) is 0. The van der Waals surface area contributed by atoms with Crippen LogP contribution in [0.3, 0.4) is 0 Å². The van der Waals surface area contributed by atoms with E-state index < -0.39 is 30.0 Å². The van der Waals surface area contributed by atoms with Gasteiger partial charge in [-0.2, -0.15) is 18.3 Å². The van der Waals surface area contributed by atoms with Gasteiger partial charge in [-0.25, -0.2) is 5.43 Å². The smallest absolute Gasteiger partial charge is 0.326 e. The van der Waals surface area contributed by atoms with E-state index in [2.05, 4.69) is 15.8 Å². The molecule has 2 N–H and O–H groups in total. The van der Waals surface area contributed by atoms with Crippen LogP contribution in [0.5, 0.6) is 0 Å². The fourth-order valence-corrected chi connectivity index (χ4v) is 2.10. The largest absolute Gasteiger partial charge is 0.416 e. The fourth-order valence-electron chi connectivity index (χ4n) is 1.92. The van der Waals surface area contributed by atoms with Gasteiger partial charge in [-0.15, -0.1) is 0 Å². The topological polar surface area (TPSA) is 70.6 Å². The van der Waals surface area contributed by atoms with Crippen LogP contribution in [0.25, 0.3) is 0 Å². The Morgan fingerprint density at radius 1 is 1.08 bits per heavy atom. The Hall–Kier alpha value is -2.87. The Bertz CT molecular complexity index is 838. The minimum Gasteiger partial charge on any atom is -0.326 e. The molecule has 0 spiro atoms. The van der Waals surface area contributed by atoms with Crippen LogP contribution < -0.4 is 10.7 Å². The second-order valence-corrected chi connectivity index (χ2v) is 5.53. The molecule has 5 nitrogen and oxygen atoms in total. The minimum atomic E-state index is -4.52. The highest BCUT2D eigenvalue weighted by Crippen LogP contribution is 2.30. The van der Waals surface area contributed by atoms with Gasteiger partial charge < -0.3 is 5.32 Å². The molecule has 0 saturated carbocycles. The van der Waals surface area contributed by atoms with Crippen LogP contribution in [-0.2, 0) is 15.8 Å². The summed E-state index contributed by atoms with van der Waals surface area (Å²) in [5, 5.41) is 6.34. The molecule has 0 radical (unpaired) electrons. The molecule has 0 aliphatic carbocycles. The summed E-state index contributed by atoms with van der Waals surface area (Å²) in [4.78, 5) is 23.4. The molecule has 0 aromatic heterocycles. The van der Waals surface area contributed by atoms with E-state index in [1.54, 1.807) is 24.3 Å². The van der Waals surface area contributed by atoms with Crippen LogP contribution in [0.1, 0.15) is 17.5 Å². The number of hydrogen-bond acceptors (Lipinski definition) is 3. The van der Waals surface area contributed by atoms with Crippen LogP contribution in [0.2, 0.25) is 5.02 Å². The number of carbonyl (C=O) groups is 2. The van der Waals surface area contributed by atoms with Crippen molar-refractivity contribution in [1.82, 2.24) is 5.43 Å². The maximum absolute atomic E-state index is 12.6. The molecule has 2 aromatic rings. The van der Waals surface area contributed by atoms with Crippen LogP contribution in [0.15, 0.2) is 53.6 Å². The zero-order valence-corrected chi connectivity index (χ0v) is 13.9. The van der Waals surface area contributed by atoms with Gasteiger partial charge in [0.15, 0.2) is 0 Å². The number of anilines is 1. The van der Waals surface area contributed by atoms with Gasteiger partial charge in [0.05, 0.1) is 11.8 Å². The van der Waals surface area contributed by atoms with Gasteiger partial charge in [-0.1, -0.05) is 35.9 Å². The molecule has 2 aromatic carbocycles. The van der Waals surface area contributed by atoms with Crippen LogP contribution in [0.4, 0.5) is 18.9 Å². The average molecular weight is 384 g/mol. The second-order valence-electron chi connectivity index (χ2n) is 5.12. The number of nitrogens with one attached hydrogen (secondary N) is 2. The number of halogens is 4. The van der Waals surface area contributed by atoms with Gasteiger partial charge >= 0.3 is 6.18 Å². The van der Waals surface area contributed by atoms with E-state index >= 15 is 0 Å². The first-order chi connectivity index (χ1) is 12.3. The molecule has 0 atom stereocenters. The van der Waals surface area contributed by atoms with Crippen LogP contribution in [0, 0.1) is 0 Å². The highest BCUT2D eigenvalue weighted by molar-refractivity contribution is 6.33. The van der Waals surface area contributed by atoms with Crippen molar-refractivity contribution in [1.29, 1.82) is 0 Å². The number of hydrogen-bond donors (Lipinski definition) is 2. The van der Waals surface area contributed by atoms with Gasteiger partial charge in [0.2, 0.25) is 11.8 Å². The van der Waals surface area contributed by atoms with Crippen molar-refractivity contribution in [2.45, 2.75) is 12.6 Å². The van der Waals surface area contributed by atoms with E-state index in [4.69, 9.17) is 11.6 Å². The summed E-state index contributed by atoms with van der Waals surface area (Å²) in [6, 6.07) is 10.9. The van der Waals surface area contributed by atoms with E-state index in [-0.39, 0.29) is 5.69 Å². The number of benzene rings is 2. The molecule has 136 valence electrons. The van der Waals surface area contributed by atoms with Crippen molar-refractivity contribution in [3.63, 3.8) is 0 Å². The third kappa shape index (κ3) is 5.89. The van der Waals surface area contributed by atoms with E-state index in [1.807, 2.05) is 0 Å². The first-order valence-electron chi connectivity index (χ1n) is 7.29. The number of alkyl halides is 3. The maximum Gasteiger partial charge on any atom is 0.416 e. The molecule has 0 aliphatic heterocycles. The van der Waals surface area contributed by atoms with Gasteiger partial charge in [0.25, 0.3) is 0 Å². The number of amides is 2. The molecule has 0 heterocycles. The summed E-state index contributed by atoms with van der Waals surface area (Å²) in [5.74, 6) is -1.49. The number of rotatable bonds is 5. The fraction of sp³-hybridized carbons (Fsp3) is 0.118. The summed E-state index contributed by atoms with van der Waals surface area (Å²) >= 11 is 5.91. The second kappa shape index (κ2) is 8.48. The van der Waals surface area contributed by atoms with Crippen molar-refractivity contribution in [3.05, 3.63) is 64.7 Å². The lowest BCUT2D eigenvalue weighted by Gasteiger charge is -2.09. The summed E-state index contributed by atoms with van der Waals surface area (Å²) in [7, 11) is 0. The van der Waals surface area contributed by atoms with Crippen LogP contribution >= 0.6 is 11.6 Å². The highest BCUT2D eigenvalue weighted by atomic mass is 35.5. The number of nitrogens with zero attached hydrogens (tertiary/aromatic N) is 1. The van der Waals surface area contributed by atoms with Gasteiger partial charge in [0, 0.05) is 16.3 Å². The monoisotopic (exact) mass is 383 g/mol. The van der Waals surface area contributed by atoms with E-state index in [1.165, 1.54) is 12.3 Å². The molecule has 0 bridgehead atoms. The third-order valence-corrected chi connectivity index (χ3v) is 3.44. The molecule has 2 rings (SSSR count). The van der Waals surface area contributed by atoms with Crippen molar-refractivity contribution in [2.24, 2.45) is 5.10 Å². The van der Waals surface area contributed by atoms with E-state index in [0.29, 0.717) is 10.6 Å².